The predicted octanol–water partition coefficient (Wildman–Crippen LogP) is 5.03. The summed E-state index contributed by atoms with van der Waals surface area (Å²) in [6.45, 7) is 5.68. The van der Waals surface area contributed by atoms with Crippen LogP contribution in [0.4, 0.5) is 5.69 Å². The number of pyridine rings is 1. The maximum Gasteiger partial charge on any atom is 0.254 e. The van der Waals surface area contributed by atoms with E-state index in [4.69, 9.17) is 11.6 Å². The second kappa shape index (κ2) is 12.0. The van der Waals surface area contributed by atoms with Crippen LogP contribution in [0.2, 0.25) is 5.02 Å². The van der Waals surface area contributed by atoms with Gasteiger partial charge < -0.3 is 9.80 Å². The smallest absolute Gasteiger partial charge is 0.254 e. The Morgan fingerprint density at radius 2 is 1.60 bits per heavy atom. The van der Waals surface area contributed by atoms with E-state index in [0.717, 1.165) is 49.4 Å². The van der Waals surface area contributed by atoms with Gasteiger partial charge in [0.2, 0.25) is 5.91 Å². The topological polar surface area (TPSA) is 56.8 Å². The van der Waals surface area contributed by atoms with Crippen LogP contribution in [0.3, 0.4) is 0 Å². The van der Waals surface area contributed by atoms with E-state index in [-0.39, 0.29) is 11.8 Å². The molecule has 0 radical (unpaired) electrons. The summed E-state index contributed by atoms with van der Waals surface area (Å²) in [5.74, 6) is -0.0412. The third-order valence-electron chi connectivity index (χ3n) is 6.27. The molecule has 0 unspecified atom stereocenters. The Kier molecular flexibility index (Phi) is 8.50. The minimum atomic E-state index is -0.0424. The number of fused-ring (bicyclic) bond motifs is 1. The van der Waals surface area contributed by atoms with Crippen LogP contribution in [-0.4, -0.2) is 52.8 Å². The summed E-state index contributed by atoms with van der Waals surface area (Å²) in [6, 6.07) is 20.8. The van der Waals surface area contributed by atoms with Crippen molar-refractivity contribution in [3.8, 4) is 0 Å². The lowest BCUT2D eigenvalue weighted by Gasteiger charge is -2.31. The van der Waals surface area contributed by atoms with Crippen molar-refractivity contribution >= 4 is 29.1 Å². The van der Waals surface area contributed by atoms with Crippen molar-refractivity contribution in [3.63, 3.8) is 0 Å². The van der Waals surface area contributed by atoms with Gasteiger partial charge in [-0.1, -0.05) is 35.9 Å². The minimum absolute atomic E-state index is 0.00126. The Balaban J connectivity index is 1.63. The first-order valence-corrected chi connectivity index (χ1v) is 12.4. The Morgan fingerprint density at radius 3 is 2.31 bits per heavy atom. The second-order valence-corrected chi connectivity index (χ2v) is 9.27. The molecular weight excluding hydrogens is 460 g/mol. The van der Waals surface area contributed by atoms with Crippen molar-refractivity contribution < 1.29 is 9.59 Å². The Labute approximate surface area is 212 Å². The monoisotopic (exact) mass is 490 g/mol. The van der Waals surface area contributed by atoms with Gasteiger partial charge in [0.1, 0.15) is 0 Å². The molecular formula is C28H31ClN4O2. The summed E-state index contributed by atoms with van der Waals surface area (Å²) < 4.78 is 0. The van der Waals surface area contributed by atoms with Gasteiger partial charge in [0.25, 0.3) is 5.91 Å². The molecule has 0 fully saturated rings. The predicted molar refractivity (Wildman–Crippen MR) is 139 cm³/mol. The number of nitrogens with zero attached hydrogens (tertiary/aromatic N) is 4. The number of anilines is 1. The molecule has 0 atom stereocenters. The third kappa shape index (κ3) is 6.68. The standard InChI is InChI=1S/C28H31ClN4O2/c1-22(34)33-19-7-17-31(21-26-9-4-5-15-30-26)16-6-18-32(20-24-8-2-3-10-27(24)33)28(35)23-11-13-25(29)14-12-23/h2-5,8-15H,6-7,16-21H2,1H3. The maximum absolute atomic E-state index is 13.5. The maximum atomic E-state index is 13.5. The van der Waals surface area contributed by atoms with Crippen molar-refractivity contribution in [2.45, 2.75) is 32.9 Å². The van der Waals surface area contributed by atoms with Gasteiger partial charge in [0.05, 0.1) is 5.69 Å². The van der Waals surface area contributed by atoms with Crippen LogP contribution in [0.15, 0.2) is 72.9 Å². The van der Waals surface area contributed by atoms with Crippen molar-refractivity contribution in [1.82, 2.24) is 14.8 Å². The molecule has 1 aliphatic heterocycles. The van der Waals surface area contributed by atoms with Gasteiger partial charge in [0, 0.05) is 68.7 Å². The second-order valence-electron chi connectivity index (χ2n) is 8.84. The molecule has 3 aromatic rings. The fourth-order valence-corrected chi connectivity index (χ4v) is 4.64. The van der Waals surface area contributed by atoms with E-state index < -0.39 is 0 Å². The molecule has 4 rings (SSSR count). The van der Waals surface area contributed by atoms with Crippen LogP contribution in [0.1, 0.15) is 41.4 Å². The first-order valence-electron chi connectivity index (χ1n) is 12.0. The first kappa shape index (κ1) is 24.9. The molecule has 6 nitrogen and oxygen atoms in total. The highest BCUT2D eigenvalue weighted by molar-refractivity contribution is 6.30. The molecule has 1 aromatic heterocycles. The molecule has 0 N–H and O–H groups in total. The zero-order chi connectivity index (χ0) is 24.6. The summed E-state index contributed by atoms with van der Waals surface area (Å²) in [7, 11) is 0. The summed E-state index contributed by atoms with van der Waals surface area (Å²) >= 11 is 6.05. The summed E-state index contributed by atoms with van der Waals surface area (Å²) in [4.78, 5) is 36.7. The molecule has 2 aromatic carbocycles. The lowest BCUT2D eigenvalue weighted by molar-refractivity contribution is -0.116. The number of rotatable bonds is 3. The molecule has 0 aliphatic carbocycles. The number of carbonyl (C=O) groups excluding carboxylic acids is 2. The van der Waals surface area contributed by atoms with Gasteiger partial charge >= 0.3 is 0 Å². The molecule has 1 aliphatic rings. The minimum Gasteiger partial charge on any atom is -0.334 e. The zero-order valence-electron chi connectivity index (χ0n) is 20.1. The lowest BCUT2D eigenvalue weighted by atomic mass is 10.1. The SMILES string of the molecule is CC(=O)N1CCCN(Cc2ccccn2)CCCN(C(=O)c2ccc(Cl)cc2)Cc2ccccc21. The number of carbonyl (C=O) groups is 2. The Hall–Kier alpha value is -3.22. The number of benzene rings is 2. The van der Waals surface area contributed by atoms with Crippen LogP contribution in [0.25, 0.3) is 0 Å². The molecule has 0 saturated heterocycles. The fraction of sp³-hybridized carbons (Fsp3) is 0.321. The average molecular weight is 491 g/mol. The molecule has 182 valence electrons. The normalized spacial score (nSPS) is 15.6. The molecule has 2 amide bonds. The Morgan fingerprint density at radius 1 is 0.886 bits per heavy atom. The van der Waals surface area contributed by atoms with E-state index in [2.05, 4.69) is 9.88 Å². The van der Waals surface area contributed by atoms with E-state index in [1.54, 1.807) is 31.2 Å². The fourth-order valence-electron chi connectivity index (χ4n) is 4.52. The molecule has 7 heteroatoms. The number of hydrogen-bond donors (Lipinski definition) is 0. The van der Waals surface area contributed by atoms with Gasteiger partial charge in [-0.2, -0.15) is 0 Å². The van der Waals surface area contributed by atoms with E-state index >= 15 is 0 Å². The summed E-state index contributed by atoms with van der Waals surface area (Å²) in [6.07, 6.45) is 3.51. The number of hydrogen-bond acceptors (Lipinski definition) is 4. The third-order valence-corrected chi connectivity index (χ3v) is 6.52. The number of halogens is 1. The highest BCUT2D eigenvalue weighted by Gasteiger charge is 2.22. The highest BCUT2D eigenvalue weighted by Crippen LogP contribution is 2.25. The van der Waals surface area contributed by atoms with Crippen LogP contribution >= 0.6 is 11.6 Å². The lowest BCUT2D eigenvalue weighted by Crippen LogP contribution is -2.38. The highest BCUT2D eigenvalue weighted by atomic mass is 35.5. The molecule has 35 heavy (non-hydrogen) atoms. The van der Waals surface area contributed by atoms with Gasteiger partial charge in [-0.05, 0) is 60.9 Å². The average Bonchev–Trinajstić information content (AvgIpc) is 2.86. The molecule has 0 spiro atoms. The summed E-state index contributed by atoms with van der Waals surface area (Å²) in [5.41, 5.74) is 3.46. The van der Waals surface area contributed by atoms with Crippen LogP contribution in [-0.2, 0) is 17.9 Å². The molecule has 0 bridgehead atoms. The summed E-state index contributed by atoms with van der Waals surface area (Å²) in [5, 5.41) is 0.600. The van der Waals surface area contributed by atoms with E-state index in [1.807, 2.05) is 58.5 Å². The van der Waals surface area contributed by atoms with E-state index in [0.29, 0.717) is 30.2 Å². The van der Waals surface area contributed by atoms with Crippen molar-refractivity contribution in [1.29, 1.82) is 0 Å². The quantitative estimate of drug-likeness (QED) is 0.517. The number of amides is 2. The van der Waals surface area contributed by atoms with Crippen LogP contribution in [0, 0.1) is 0 Å². The molecule has 2 heterocycles. The van der Waals surface area contributed by atoms with Gasteiger partial charge in [0.15, 0.2) is 0 Å². The van der Waals surface area contributed by atoms with Gasteiger partial charge in [-0.3, -0.25) is 19.5 Å². The van der Waals surface area contributed by atoms with Crippen LogP contribution in [0.5, 0.6) is 0 Å². The van der Waals surface area contributed by atoms with Gasteiger partial charge in [-0.25, -0.2) is 0 Å². The zero-order valence-corrected chi connectivity index (χ0v) is 20.8. The number of aromatic nitrogens is 1. The molecule has 0 saturated carbocycles. The largest absolute Gasteiger partial charge is 0.334 e. The van der Waals surface area contributed by atoms with Crippen molar-refractivity contribution in [2.75, 3.05) is 31.1 Å². The van der Waals surface area contributed by atoms with Crippen LogP contribution < -0.4 is 4.90 Å². The van der Waals surface area contributed by atoms with Gasteiger partial charge in [-0.15, -0.1) is 0 Å². The van der Waals surface area contributed by atoms with E-state index in [1.165, 1.54) is 0 Å². The van der Waals surface area contributed by atoms with E-state index in [9.17, 15) is 9.59 Å². The number of para-hydroxylation sites is 1. The Bertz CT molecular complexity index is 1140. The van der Waals surface area contributed by atoms with Crippen molar-refractivity contribution in [3.05, 3.63) is 94.8 Å². The first-order chi connectivity index (χ1) is 17.0. The van der Waals surface area contributed by atoms with Crippen molar-refractivity contribution in [2.24, 2.45) is 0 Å².